The monoisotopic (exact) mass is 276 g/mol. The second-order valence-corrected chi connectivity index (χ2v) is 4.36. The van der Waals surface area contributed by atoms with Gasteiger partial charge in [-0.2, -0.15) is 0 Å². The Morgan fingerprint density at radius 1 is 1.30 bits per heavy atom. The molecule has 0 N–H and O–H groups in total. The summed E-state index contributed by atoms with van der Waals surface area (Å²) in [6.07, 6.45) is 1.75. The number of hydrogen-bond donors (Lipinski definition) is 0. The highest BCUT2D eigenvalue weighted by Gasteiger charge is 2.08. The van der Waals surface area contributed by atoms with Gasteiger partial charge >= 0.3 is 11.6 Å². The number of ether oxygens (including phenoxy) is 2. The number of hydrogen-bond acceptors (Lipinski definition) is 5. The largest absolute Gasteiger partial charge is 0.482 e. The van der Waals surface area contributed by atoms with Crippen LogP contribution in [0.15, 0.2) is 33.5 Å². The fourth-order valence-electron chi connectivity index (χ4n) is 1.98. The van der Waals surface area contributed by atoms with Crippen molar-refractivity contribution in [2.24, 2.45) is 0 Å². The normalized spacial score (nSPS) is 10.5. The molecule has 0 atom stereocenters. The van der Waals surface area contributed by atoms with Gasteiger partial charge in [0.25, 0.3) is 0 Å². The lowest BCUT2D eigenvalue weighted by atomic mass is 10.1. The summed E-state index contributed by atoms with van der Waals surface area (Å²) in [6, 6.07) is 6.69. The van der Waals surface area contributed by atoms with Gasteiger partial charge < -0.3 is 13.9 Å². The summed E-state index contributed by atoms with van der Waals surface area (Å²) in [5.74, 6) is -0.00835. The predicted molar refractivity (Wildman–Crippen MR) is 74.0 cm³/mol. The second kappa shape index (κ2) is 6.23. The van der Waals surface area contributed by atoms with Gasteiger partial charge in [-0.05, 0) is 24.1 Å². The minimum atomic E-state index is -0.466. The molecule has 5 nitrogen and oxygen atoms in total. The van der Waals surface area contributed by atoms with Crippen LogP contribution in [0, 0.1) is 0 Å². The number of rotatable bonds is 5. The van der Waals surface area contributed by atoms with E-state index in [0.29, 0.717) is 11.3 Å². The number of benzene rings is 1. The SMILES string of the molecule is CCCc1cc(=O)oc2cc(OCC(=O)OC)ccc12. The van der Waals surface area contributed by atoms with Crippen LogP contribution in [-0.2, 0) is 16.0 Å². The van der Waals surface area contributed by atoms with E-state index in [-0.39, 0.29) is 12.2 Å². The molecule has 0 saturated carbocycles. The molecule has 106 valence electrons. The van der Waals surface area contributed by atoms with Crippen molar-refractivity contribution in [2.45, 2.75) is 19.8 Å². The zero-order valence-electron chi connectivity index (χ0n) is 11.5. The predicted octanol–water partition coefficient (Wildman–Crippen LogP) is 2.30. The van der Waals surface area contributed by atoms with Gasteiger partial charge in [-0.3, -0.25) is 0 Å². The lowest BCUT2D eigenvalue weighted by Gasteiger charge is -2.07. The van der Waals surface area contributed by atoms with Crippen molar-refractivity contribution in [1.82, 2.24) is 0 Å². The van der Waals surface area contributed by atoms with Gasteiger partial charge in [0.15, 0.2) is 6.61 Å². The Hall–Kier alpha value is -2.30. The second-order valence-electron chi connectivity index (χ2n) is 4.36. The average Bonchev–Trinajstić information content (AvgIpc) is 2.44. The molecule has 0 unspecified atom stereocenters. The van der Waals surface area contributed by atoms with Gasteiger partial charge in [0.05, 0.1) is 7.11 Å². The highest BCUT2D eigenvalue weighted by atomic mass is 16.6. The number of methoxy groups -OCH3 is 1. The Kier molecular flexibility index (Phi) is 4.40. The van der Waals surface area contributed by atoms with Crippen LogP contribution >= 0.6 is 0 Å². The van der Waals surface area contributed by atoms with E-state index in [4.69, 9.17) is 9.15 Å². The number of fused-ring (bicyclic) bond motifs is 1. The molecule has 0 amide bonds. The van der Waals surface area contributed by atoms with Crippen LogP contribution in [0.1, 0.15) is 18.9 Å². The minimum absolute atomic E-state index is 0.180. The molecule has 1 aromatic carbocycles. The smallest absolute Gasteiger partial charge is 0.343 e. The molecule has 0 spiro atoms. The fourth-order valence-corrected chi connectivity index (χ4v) is 1.98. The molecular weight excluding hydrogens is 260 g/mol. The molecule has 2 aromatic rings. The first-order chi connectivity index (χ1) is 9.63. The van der Waals surface area contributed by atoms with Crippen LogP contribution in [0.2, 0.25) is 0 Å². The Morgan fingerprint density at radius 2 is 2.10 bits per heavy atom. The summed E-state index contributed by atoms with van der Waals surface area (Å²) in [5, 5.41) is 0.886. The third kappa shape index (κ3) is 3.17. The Morgan fingerprint density at radius 3 is 2.80 bits per heavy atom. The van der Waals surface area contributed by atoms with Gasteiger partial charge in [-0.15, -0.1) is 0 Å². The van der Waals surface area contributed by atoms with Gasteiger partial charge in [0, 0.05) is 17.5 Å². The van der Waals surface area contributed by atoms with Gasteiger partial charge in [-0.25, -0.2) is 9.59 Å². The lowest BCUT2D eigenvalue weighted by molar-refractivity contribution is -0.142. The topological polar surface area (TPSA) is 65.7 Å². The third-order valence-electron chi connectivity index (χ3n) is 2.91. The molecule has 0 saturated heterocycles. The first kappa shape index (κ1) is 14.1. The molecule has 0 aliphatic carbocycles. The van der Waals surface area contributed by atoms with E-state index in [1.165, 1.54) is 13.2 Å². The number of esters is 1. The van der Waals surface area contributed by atoms with E-state index in [1.54, 1.807) is 12.1 Å². The Balaban J connectivity index is 2.34. The fraction of sp³-hybridized carbons (Fsp3) is 0.333. The van der Waals surface area contributed by atoms with Crippen LogP contribution < -0.4 is 10.4 Å². The van der Waals surface area contributed by atoms with E-state index in [1.807, 2.05) is 13.0 Å². The molecule has 20 heavy (non-hydrogen) atoms. The van der Waals surface area contributed by atoms with Crippen molar-refractivity contribution in [3.8, 4) is 5.75 Å². The summed E-state index contributed by atoms with van der Waals surface area (Å²) in [6.45, 7) is 1.87. The molecule has 0 fully saturated rings. The van der Waals surface area contributed by atoms with E-state index in [0.717, 1.165) is 23.8 Å². The van der Waals surface area contributed by atoms with Crippen LogP contribution in [0.3, 0.4) is 0 Å². The van der Waals surface area contributed by atoms with Gasteiger partial charge in [0.2, 0.25) is 0 Å². The molecule has 0 radical (unpaired) electrons. The highest BCUT2D eigenvalue weighted by Crippen LogP contribution is 2.23. The summed E-state index contributed by atoms with van der Waals surface area (Å²) >= 11 is 0. The summed E-state index contributed by atoms with van der Waals surface area (Å²) < 4.78 is 14.9. The molecule has 0 aliphatic heterocycles. The van der Waals surface area contributed by atoms with E-state index in [9.17, 15) is 9.59 Å². The number of carbonyl (C=O) groups is 1. The van der Waals surface area contributed by atoms with Crippen molar-refractivity contribution >= 4 is 16.9 Å². The molecule has 0 bridgehead atoms. The maximum absolute atomic E-state index is 11.5. The molecule has 1 heterocycles. The van der Waals surface area contributed by atoms with Crippen LogP contribution in [0.25, 0.3) is 11.0 Å². The van der Waals surface area contributed by atoms with E-state index >= 15 is 0 Å². The van der Waals surface area contributed by atoms with Crippen molar-refractivity contribution in [3.05, 3.63) is 40.2 Å². The Bertz CT molecular complexity index is 672. The van der Waals surface area contributed by atoms with Crippen LogP contribution in [0.4, 0.5) is 0 Å². The maximum atomic E-state index is 11.5. The zero-order chi connectivity index (χ0) is 14.5. The number of carbonyl (C=O) groups excluding carboxylic acids is 1. The minimum Gasteiger partial charge on any atom is -0.482 e. The molecule has 1 aromatic heterocycles. The summed E-state index contributed by atoms with van der Waals surface area (Å²) in [4.78, 5) is 22.5. The van der Waals surface area contributed by atoms with Crippen LogP contribution in [-0.4, -0.2) is 19.7 Å². The first-order valence-corrected chi connectivity index (χ1v) is 6.40. The standard InChI is InChI=1S/C15H16O5/c1-3-4-10-7-14(16)20-13-8-11(5-6-12(10)13)19-9-15(17)18-2/h5-8H,3-4,9H2,1-2H3. The van der Waals surface area contributed by atoms with Gasteiger partial charge in [0.1, 0.15) is 11.3 Å². The molecule has 5 heteroatoms. The van der Waals surface area contributed by atoms with E-state index < -0.39 is 5.97 Å². The molecular formula is C15H16O5. The molecule has 2 rings (SSSR count). The highest BCUT2D eigenvalue weighted by molar-refractivity contribution is 5.81. The number of aryl methyl sites for hydroxylation is 1. The van der Waals surface area contributed by atoms with Crippen molar-refractivity contribution in [2.75, 3.05) is 13.7 Å². The van der Waals surface area contributed by atoms with Gasteiger partial charge in [-0.1, -0.05) is 13.3 Å². The zero-order valence-corrected chi connectivity index (χ0v) is 11.5. The molecule has 0 aliphatic rings. The van der Waals surface area contributed by atoms with Crippen molar-refractivity contribution in [1.29, 1.82) is 0 Å². The van der Waals surface area contributed by atoms with Crippen molar-refractivity contribution < 1.29 is 18.7 Å². The average molecular weight is 276 g/mol. The third-order valence-corrected chi connectivity index (χ3v) is 2.91. The first-order valence-electron chi connectivity index (χ1n) is 6.40. The quantitative estimate of drug-likeness (QED) is 0.619. The Labute approximate surface area is 116 Å². The van der Waals surface area contributed by atoms with Crippen molar-refractivity contribution in [3.63, 3.8) is 0 Å². The maximum Gasteiger partial charge on any atom is 0.343 e. The lowest BCUT2D eigenvalue weighted by Crippen LogP contribution is -2.12. The van der Waals surface area contributed by atoms with Crippen LogP contribution in [0.5, 0.6) is 5.75 Å². The van der Waals surface area contributed by atoms with E-state index in [2.05, 4.69) is 4.74 Å². The summed E-state index contributed by atoms with van der Waals surface area (Å²) in [5.41, 5.74) is 1.03. The summed E-state index contributed by atoms with van der Waals surface area (Å²) in [7, 11) is 1.29.